The Hall–Kier alpha value is -3.35. The van der Waals surface area contributed by atoms with Crippen LogP contribution >= 0.6 is 0 Å². The summed E-state index contributed by atoms with van der Waals surface area (Å²) in [6.07, 6.45) is 4.13. The molecule has 0 heterocycles. The fourth-order valence-electron chi connectivity index (χ4n) is 5.31. The molecule has 2 amide bonds. The van der Waals surface area contributed by atoms with Gasteiger partial charge in [0.1, 0.15) is 12.6 Å². The topological polar surface area (TPSA) is 105 Å². The van der Waals surface area contributed by atoms with E-state index in [1.807, 2.05) is 31.2 Å². The van der Waals surface area contributed by atoms with Gasteiger partial charge >= 0.3 is 12.1 Å². The SMILES string of the molecule is CCCC[C@H](NC(=O)OCC1c2ccccc2-c2ccccc21)C(=O)NC1CCCC(C(=O)O)C1. The molecule has 7 nitrogen and oxygen atoms in total. The van der Waals surface area contributed by atoms with Crippen LogP contribution in [0.3, 0.4) is 0 Å². The first kappa shape index (κ1) is 24.8. The van der Waals surface area contributed by atoms with E-state index in [0.29, 0.717) is 19.3 Å². The molecule has 3 N–H and O–H groups in total. The predicted octanol–water partition coefficient (Wildman–Crippen LogP) is 4.84. The second-order valence-corrected chi connectivity index (χ2v) is 9.57. The standard InChI is InChI=1S/C28H34N2O5/c1-2-3-15-25(26(31)29-19-10-8-9-18(16-19)27(32)33)30-28(34)35-17-24-22-13-6-4-11-20(22)21-12-5-7-14-23(21)24/h4-7,11-14,18-19,24-25H,2-3,8-10,15-17H2,1H3,(H,29,31)(H,30,34)(H,32,33)/t18?,19?,25-/m0/s1. The molecule has 2 aliphatic carbocycles. The third-order valence-corrected chi connectivity index (χ3v) is 7.17. The van der Waals surface area contributed by atoms with Crippen LogP contribution in [0.1, 0.15) is 68.9 Å². The van der Waals surface area contributed by atoms with Gasteiger partial charge in [-0.25, -0.2) is 4.79 Å². The quantitative estimate of drug-likeness (QED) is 0.478. The van der Waals surface area contributed by atoms with E-state index >= 15 is 0 Å². The van der Waals surface area contributed by atoms with Crippen molar-refractivity contribution in [2.24, 2.45) is 5.92 Å². The van der Waals surface area contributed by atoms with E-state index in [0.717, 1.165) is 47.9 Å². The number of nitrogens with one attached hydrogen (secondary N) is 2. The molecule has 1 fully saturated rings. The number of ether oxygens (including phenoxy) is 1. The highest BCUT2D eigenvalue weighted by molar-refractivity contribution is 5.86. The lowest BCUT2D eigenvalue weighted by atomic mass is 9.85. The molecule has 35 heavy (non-hydrogen) atoms. The van der Waals surface area contributed by atoms with Gasteiger partial charge in [0.2, 0.25) is 5.91 Å². The van der Waals surface area contributed by atoms with E-state index in [1.165, 1.54) is 0 Å². The summed E-state index contributed by atoms with van der Waals surface area (Å²) in [7, 11) is 0. The Balaban J connectivity index is 1.36. The number of alkyl carbamates (subject to hydrolysis) is 1. The predicted molar refractivity (Wildman–Crippen MR) is 133 cm³/mol. The van der Waals surface area contributed by atoms with Gasteiger partial charge in [-0.3, -0.25) is 9.59 Å². The van der Waals surface area contributed by atoms with E-state index < -0.39 is 24.0 Å². The maximum Gasteiger partial charge on any atom is 0.407 e. The maximum atomic E-state index is 13.0. The first-order chi connectivity index (χ1) is 17.0. The zero-order valence-corrected chi connectivity index (χ0v) is 20.2. The summed E-state index contributed by atoms with van der Waals surface area (Å²) in [6.45, 7) is 2.21. The number of aliphatic carboxylic acids is 1. The van der Waals surface area contributed by atoms with Gasteiger partial charge in [0, 0.05) is 12.0 Å². The van der Waals surface area contributed by atoms with Crippen LogP contribution in [0.2, 0.25) is 0 Å². The number of carbonyl (C=O) groups excluding carboxylic acids is 2. The largest absolute Gasteiger partial charge is 0.481 e. The van der Waals surface area contributed by atoms with Gasteiger partial charge in [0.15, 0.2) is 0 Å². The monoisotopic (exact) mass is 478 g/mol. The molecule has 0 aliphatic heterocycles. The highest BCUT2D eigenvalue weighted by atomic mass is 16.5. The van der Waals surface area contributed by atoms with Crippen molar-refractivity contribution in [1.82, 2.24) is 10.6 Å². The minimum atomic E-state index is -0.816. The van der Waals surface area contributed by atoms with Crippen molar-refractivity contribution in [3.05, 3.63) is 59.7 Å². The summed E-state index contributed by atoms with van der Waals surface area (Å²) in [5.41, 5.74) is 4.58. The van der Waals surface area contributed by atoms with Crippen LogP contribution in [0.25, 0.3) is 11.1 Å². The fourth-order valence-corrected chi connectivity index (χ4v) is 5.31. The number of hydrogen-bond acceptors (Lipinski definition) is 4. The van der Waals surface area contributed by atoms with Crippen LogP contribution in [0.5, 0.6) is 0 Å². The summed E-state index contributed by atoms with van der Waals surface area (Å²) in [4.78, 5) is 37.1. The minimum absolute atomic E-state index is 0.0498. The average Bonchev–Trinajstić information content (AvgIpc) is 3.19. The minimum Gasteiger partial charge on any atom is -0.481 e. The number of benzene rings is 2. The van der Waals surface area contributed by atoms with Crippen LogP contribution in [-0.2, 0) is 14.3 Å². The summed E-state index contributed by atoms with van der Waals surface area (Å²) in [6, 6.07) is 15.4. The Kier molecular flexibility index (Phi) is 8.06. The van der Waals surface area contributed by atoms with Crippen LogP contribution in [-0.4, -0.2) is 41.8 Å². The zero-order valence-electron chi connectivity index (χ0n) is 20.2. The normalized spacial score (nSPS) is 19.8. The average molecular weight is 479 g/mol. The first-order valence-electron chi connectivity index (χ1n) is 12.6. The van der Waals surface area contributed by atoms with Crippen molar-refractivity contribution in [2.45, 2.75) is 69.9 Å². The van der Waals surface area contributed by atoms with Gasteiger partial charge in [-0.2, -0.15) is 0 Å². The number of fused-ring (bicyclic) bond motifs is 3. The van der Waals surface area contributed by atoms with E-state index in [9.17, 15) is 19.5 Å². The summed E-state index contributed by atoms with van der Waals surface area (Å²) in [5, 5.41) is 15.0. The molecule has 2 aliphatic rings. The molecular formula is C28H34N2O5. The lowest BCUT2D eigenvalue weighted by Gasteiger charge is -2.29. The first-order valence-corrected chi connectivity index (χ1v) is 12.6. The molecule has 7 heteroatoms. The summed E-state index contributed by atoms with van der Waals surface area (Å²) in [5.74, 6) is -1.57. The molecule has 4 rings (SSSR count). The molecule has 1 saturated carbocycles. The molecule has 0 saturated heterocycles. The van der Waals surface area contributed by atoms with Gasteiger partial charge in [-0.05, 0) is 47.9 Å². The van der Waals surface area contributed by atoms with Crippen molar-refractivity contribution in [3.63, 3.8) is 0 Å². The van der Waals surface area contributed by atoms with Crippen molar-refractivity contribution in [2.75, 3.05) is 6.61 Å². The van der Waals surface area contributed by atoms with E-state index in [4.69, 9.17) is 4.74 Å². The zero-order chi connectivity index (χ0) is 24.8. The molecule has 0 aromatic heterocycles. The Labute approximate surface area is 206 Å². The van der Waals surface area contributed by atoms with Gasteiger partial charge in [0.05, 0.1) is 5.92 Å². The number of hydrogen-bond donors (Lipinski definition) is 3. The highest BCUT2D eigenvalue weighted by Crippen LogP contribution is 2.44. The number of carbonyl (C=O) groups is 3. The van der Waals surface area contributed by atoms with E-state index in [-0.39, 0.29) is 24.5 Å². The Bertz CT molecular complexity index is 1020. The maximum absolute atomic E-state index is 13.0. The lowest BCUT2D eigenvalue weighted by Crippen LogP contribution is -2.51. The molecule has 3 atom stereocenters. The summed E-state index contributed by atoms with van der Waals surface area (Å²) >= 11 is 0. The Morgan fingerprint density at radius 1 is 1.03 bits per heavy atom. The number of carboxylic acids is 1. The summed E-state index contributed by atoms with van der Waals surface area (Å²) < 4.78 is 5.63. The molecule has 2 unspecified atom stereocenters. The van der Waals surface area contributed by atoms with Crippen LogP contribution in [0.15, 0.2) is 48.5 Å². The van der Waals surface area contributed by atoms with Gasteiger partial charge < -0.3 is 20.5 Å². The van der Waals surface area contributed by atoms with Gasteiger partial charge in [0.25, 0.3) is 0 Å². The number of amides is 2. The van der Waals surface area contributed by atoms with Gasteiger partial charge in [-0.15, -0.1) is 0 Å². The Morgan fingerprint density at radius 2 is 1.69 bits per heavy atom. The second kappa shape index (κ2) is 11.4. The van der Waals surface area contributed by atoms with Crippen molar-refractivity contribution < 1.29 is 24.2 Å². The second-order valence-electron chi connectivity index (χ2n) is 9.57. The van der Waals surface area contributed by atoms with Crippen molar-refractivity contribution >= 4 is 18.0 Å². The number of carboxylic acid groups (broad SMARTS) is 1. The van der Waals surface area contributed by atoms with Crippen LogP contribution in [0, 0.1) is 5.92 Å². The third-order valence-electron chi connectivity index (χ3n) is 7.17. The van der Waals surface area contributed by atoms with Crippen molar-refractivity contribution in [3.8, 4) is 11.1 Å². The molecule has 0 spiro atoms. The van der Waals surface area contributed by atoms with Crippen molar-refractivity contribution in [1.29, 1.82) is 0 Å². The fraction of sp³-hybridized carbons (Fsp3) is 0.464. The number of unbranched alkanes of at least 4 members (excludes halogenated alkanes) is 1. The highest BCUT2D eigenvalue weighted by Gasteiger charge is 2.31. The Morgan fingerprint density at radius 3 is 2.31 bits per heavy atom. The van der Waals surface area contributed by atoms with Crippen LogP contribution in [0.4, 0.5) is 4.79 Å². The van der Waals surface area contributed by atoms with E-state index in [1.54, 1.807) is 0 Å². The molecule has 2 aromatic carbocycles. The third kappa shape index (κ3) is 5.84. The van der Waals surface area contributed by atoms with Crippen LogP contribution < -0.4 is 10.6 Å². The molecule has 0 radical (unpaired) electrons. The number of rotatable bonds is 9. The molecule has 2 aromatic rings. The lowest BCUT2D eigenvalue weighted by molar-refractivity contribution is -0.143. The van der Waals surface area contributed by atoms with Gasteiger partial charge in [-0.1, -0.05) is 74.7 Å². The van der Waals surface area contributed by atoms with E-state index in [2.05, 4.69) is 34.9 Å². The molecule has 0 bridgehead atoms. The molecule has 186 valence electrons. The molecular weight excluding hydrogens is 444 g/mol. The smallest absolute Gasteiger partial charge is 0.407 e.